The van der Waals surface area contributed by atoms with Crippen LogP contribution < -0.4 is 10.4 Å². The molecule has 0 fully saturated rings. The zero-order valence-electron chi connectivity index (χ0n) is 7.96. The van der Waals surface area contributed by atoms with Crippen molar-refractivity contribution in [2.75, 3.05) is 0 Å². The molecular formula is C9H7I2N3O2. The predicted octanol–water partition coefficient (Wildman–Crippen LogP) is 1.89. The Balaban J connectivity index is 2.10. The second-order valence-corrected chi connectivity index (χ2v) is 5.21. The Kier molecular flexibility index (Phi) is 3.84. The molecule has 7 heteroatoms. The fraction of sp³-hybridized carbons (Fsp3) is 0.111. The fourth-order valence-electron chi connectivity index (χ4n) is 1.12. The van der Waals surface area contributed by atoms with Gasteiger partial charge in [0.05, 0.1) is 3.57 Å². The topological polar surface area (TPSA) is 70.8 Å². The Morgan fingerprint density at radius 2 is 2.19 bits per heavy atom. The van der Waals surface area contributed by atoms with Crippen molar-refractivity contribution in [3.63, 3.8) is 0 Å². The molecule has 0 unspecified atom stereocenters. The van der Waals surface area contributed by atoms with Gasteiger partial charge in [0.25, 0.3) is 0 Å². The molecule has 1 heterocycles. The SMILES string of the molecule is O=c1[nH]nc(COc2cccc(I)c2I)[nH]1. The molecule has 1 aromatic carbocycles. The third-order valence-electron chi connectivity index (χ3n) is 1.83. The standard InChI is InChI=1S/C9H7I2N3O2/c10-5-2-1-3-6(8(5)11)16-4-7-12-9(15)14-13-7/h1-3H,4H2,(H2,12,13,14,15). The Bertz CT molecular complexity index is 550. The van der Waals surface area contributed by atoms with E-state index in [-0.39, 0.29) is 12.3 Å². The number of benzene rings is 1. The number of aromatic amines is 2. The van der Waals surface area contributed by atoms with Gasteiger partial charge in [-0.15, -0.1) is 0 Å². The molecule has 2 aromatic rings. The minimum absolute atomic E-state index is 0.245. The predicted molar refractivity (Wildman–Crippen MR) is 75.4 cm³/mol. The summed E-state index contributed by atoms with van der Waals surface area (Å²) in [5, 5.41) is 6.05. The highest BCUT2D eigenvalue weighted by Gasteiger charge is 2.05. The van der Waals surface area contributed by atoms with Gasteiger partial charge in [-0.2, -0.15) is 5.10 Å². The lowest BCUT2D eigenvalue weighted by molar-refractivity contribution is 0.294. The van der Waals surface area contributed by atoms with Crippen LogP contribution >= 0.6 is 45.2 Å². The first-order valence-corrected chi connectivity index (χ1v) is 6.53. The van der Waals surface area contributed by atoms with Crippen LogP contribution in [0.4, 0.5) is 0 Å². The second-order valence-electron chi connectivity index (χ2n) is 2.97. The highest BCUT2D eigenvalue weighted by Crippen LogP contribution is 2.25. The summed E-state index contributed by atoms with van der Waals surface area (Å²) in [5.41, 5.74) is -0.323. The number of aromatic nitrogens is 3. The molecule has 0 saturated carbocycles. The summed E-state index contributed by atoms with van der Waals surface area (Å²) in [6, 6.07) is 5.81. The number of ether oxygens (including phenoxy) is 1. The van der Waals surface area contributed by atoms with Gasteiger partial charge in [-0.1, -0.05) is 6.07 Å². The molecule has 0 amide bonds. The monoisotopic (exact) mass is 443 g/mol. The van der Waals surface area contributed by atoms with Crippen LogP contribution in [0.1, 0.15) is 5.82 Å². The van der Waals surface area contributed by atoms with E-state index in [2.05, 4.69) is 60.4 Å². The molecule has 16 heavy (non-hydrogen) atoms. The summed E-state index contributed by atoms with van der Waals surface area (Å²) >= 11 is 4.46. The van der Waals surface area contributed by atoms with Crippen LogP contribution in [-0.4, -0.2) is 15.2 Å². The van der Waals surface area contributed by atoms with Crippen LogP contribution in [0, 0.1) is 7.14 Å². The Morgan fingerprint density at radius 1 is 1.38 bits per heavy atom. The van der Waals surface area contributed by atoms with Gasteiger partial charge in [0, 0.05) is 3.57 Å². The molecule has 84 valence electrons. The Labute approximate surface area is 118 Å². The molecule has 2 N–H and O–H groups in total. The van der Waals surface area contributed by atoms with E-state index in [1.807, 2.05) is 18.2 Å². The molecule has 0 bridgehead atoms. The molecular weight excluding hydrogens is 436 g/mol. The Hall–Kier alpha value is -0.580. The van der Waals surface area contributed by atoms with E-state index in [0.29, 0.717) is 5.82 Å². The lowest BCUT2D eigenvalue weighted by Crippen LogP contribution is -2.03. The molecule has 0 saturated heterocycles. The van der Waals surface area contributed by atoms with Crippen LogP contribution in [-0.2, 0) is 6.61 Å². The highest BCUT2D eigenvalue weighted by atomic mass is 127. The number of nitrogens with zero attached hydrogens (tertiary/aromatic N) is 1. The van der Waals surface area contributed by atoms with Gasteiger partial charge in [0.1, 0.15) is 12.4 Å². The third kappa shape index (κ3) is 2.75. The average molecular weight is 443 g/mol. The summed E-state index contributed by atoms with van der Waals surface area (Å²) in [5.74, 6) is 1.27. The normalized spacial score (nSPS) is 10.4. The van der Waals surface area contributed by atoms with Crippen molar-refractivity contribution in [1.82, 2.24) is 15.2 Å². The molecule has 2 rings (SSSR count). The van der Waals surface area contributed by atoms with Gasteiger partial charge in [-0.25, -0.2) is 9.89 Å². The fourth-order valence-corrected chi connectivity index (χ4v) is 2.10. The van der Waals surface area contributed by atoms with Crippen LogP contribution in [0.15, 0.2) is 23.0 Å². The van der Waals surface area contributed by atoms with Gasteiger partial charge >= 0.3 is 5.69 Å². The van der Waals surface area contributed by atoms with Gasteiger partial charge in [-0.05, 0) is 57.3 Å². The number of hydrogen-bond donors (Lipinski definition) is 2. The lowest BCUT2D eigenvalue weighted by atomic mass is 10.3. The number of halogens is 2. The number of nitrogens with one attached hydrogen (secondary N) is 2. The van der Waals surface area contributed by atoms with E-state index in [1.165, 1.54) is 0 Å². The first-order chi connectivity index (χ1) is 7.66. The number of hydrogen-bond acceptors (Lipinski definition) is 3. The van der Waals surface area contributed by atoms with Crippen LogP contribution in [0.2, 0.25) is 0 Å². The quantitative estimate of drug-likeness (QED) is 0.713. The van der Waals surface area contributed by atoms with Crippen molar-refractivity contribution in [3.8, 4) is 5.75 Å². The van der Waals surface area contributed by atoms with Crippen molar-refractivity contribution < 1.29 is 4.74 Å². The van der Waals surface area contributed by atoms with Crippen molar-refractivity contribution >= 4 is 45.2 Å². The minimum atomic E-state index is -0.323. The van der Waals surface area contributed by atoms with Gasteiger partial charge < -0.3 is 4.74 Å². The van der Waals surface area contributed by atoms with E-state index in [9.17, 15) is 4.79 Å². The summed E-state index contributed by atoms with van der Waals surface area (Å²) < 4.78 is 7.74. The van der Waals surface area contributed by atoms with Gasteiger partial charge in [0.15, 0.2) is 5.82 Å². The summed E-state index contributed by atoms with van der Waals surface area (Å²) in [7, 11) is 0. The van der Waals surface area contributed by atoms with E-state index >= 15 is 0 Å². The second kappa shape index (κ2) is 5.17. The molecule has 0 aliphatic carbocycles. The largest absolute Gasteiger partial charge is 0.484 e. The molecule has 0 radical (unpaired) electrons. The maximum Gasteiger partial charge on any atom is 0.340 e. The molecule has 0 aliphatic rings. The van der Waals surface area contributed by atoms with Crippen LogP contribution in [0.3, 0.4) is 0 Å². The van der Waals surface area contributed by atoms with E-state index < -0.39 is 0 Å². The maximum absolute atomic E-state index is 10.8. The van der Waals surface area contributed by atoms with Crippen LogP contribution in [0.5, 0.6) is 5.75 Å². The molecule has 5 nitrogen and oxygen atoms in total. The third-order valence-corrected chi connectivity index (χ3v) is 4.87. The van der Waals surface area contributed by atoms with E-state index in [4.69, 9.17) is 4.74 Å². The molecule has 1 aromatic heterocycles. The zero-order chi connectivity index (χ0) is 11.5. The molecule has 0 spiro atoms. The van der Waals surface area contributed by atoms with Crippen LogP contribution in [0.25, 0.3) is 0 Å². The zero-order valence-corrected chi connectivity index (χ0v) is 12.3. The van der Waals surface area contributed by atoms with Crippen molar-refractivity contribution in [2.45, 2.75) is 6.61 Å². The van der Waals surface area contributed by atoms with Crippen molar-refractivity contribution in [3.05, 3.63) is 41.6 Å². The summed E-state index contributed by atoms with van der Waals surface area (Å²) in [6.45, 7) is 0.245. The average Bonchev–Trinajstić information content (AvgIpc) is 2.67. The highest BCUT2D eigenvalue weighted by molar-refractivity contribution is 14.1. The first-order valence-electron chi connectivity index (χ1n) is 4.37. The Morgan fingerprint density at radius 3 is 2.88 bits per heavy atom. The number of H-pyrrole nitrogens is 2. The van der Waals surface area contributed by atoms with Crippen molar-refractivity contribution in [1.29, 1.82) is 0 Å². The van der Waals surface area contributed by atoms with Gasteiger partial charge in [-0.3, -0.25) is 4.98 Å². The summed E-state index contributed by atoms with van der Waals surface area (Å²) in [4.78, 5) is 13.3. The van der Waals surface area contributed by atoms with E-state index in [0.717, 1.165) is 12.9 Å². The smallest absolute Gasteiger partial charge is 0.340 e. The number of rotatable bonds is 3. The van der Waals surface area contributed by atoms with Gasteiger partial charge in [0.2, 0.25) is 0 Å². The van der Waals surface area contributed by atoms with E-state index in [1.54, 1.807) is 0 Å². The molecule has 0 atom stereocenters. The minimum Gasteiger partial charge on any atom is -0.484 e. The maximum atomic E-state index is 10.8. The van der Waals surface area contributed by atoms with Crippen molar-refractivity contribution in [2.24, 2.45) is 0 Å². The lowest BCUT2D eigenvalue weighted by Gasteiger charge is -2.07. The molecule has 0 aliphatic heterocycles. The summed E-state index contributed by atoms with van der Waals surface area (Å²) in [6.07, 6.45) is 0. The first kappa shape index (κ1) is 11.9.